The maximum atomic E-state index is 11.0. The van der Waals surface area contributed by atoms with E-state index in [1.807, 2.05) is 12.1 Å². The van der Waals surface area contributed by atoms with Gasteiger partial charge in [-0.05, 0) is 44.0 Å². The molecule has 0 aliphatic carbocycles. The summed E-state index contributed by atoms with van der Waals surface area (Å²) in [5, 5.41) is 14.2. The molecule has 5 nitrogen and oxygen atoms in total. The Morgan fingerprint density at radius 2 is 2.05 bits per heavy atom. The number of piperidine rings is 1. The number of benzene rings is 1. The Balaban J connectivity index is 2.10. The van der Waals surface area contributed by atoms with Gasteiger partial charge in [-0.15, -0.1) is 0 Å². The smallest absolute Gasteiger partial charge is 0.292 e. The lowest BCUT2D eigenvalue weighted by atomic mass is 10.1. The summed E-state index contributed by atoms with van der Waals surface area (Å²) in [7, 11) is 0. The molecule has 0 radical (unpaired) electrons. The van der Waals surface area contributed by atoms with Gasteiger partial charge in [-0.25, -0.2) is 0 Å². The van der Waals surface area contributed by atoms with Crippen molar-refractivity contribution in [3.05, 3.63) is 33.9 Å². The fourth-order valence-electron chi connectivity index (χ4n) is 2.62. The van der Waals surface area contributed by atoms with Gasteiger partial charge in [0.2, 0.25) is 0 Å². The van der Waals surface area contributed by atoms with Crippen LogP contribution in [0.15, 0.2) is 18.2 Å². The number of hydrogen-bond acceptors (Lipinski definition) is 4. The molecule has 1 aromatic rings. The molecule has 1 aliphatic heterocycles. The predicted molar refractivity (Wildman–Crippen MR) is 81.0 cm³/mol. The number of likely N-dealkylation sites (tertiary alicyclic amines) is 1. The summed E-state index contributed by atoms with van der Waals surface area (Å²) in [5.74, 6) is 0. The van der Waals surface area contributed by atoms with Crippen LogP contribution in [-0.2, 0) is 6.54 Å². The van der Waals surface area contributed by atoms with E-state index >= 15 is 0 Å². The summed E-state index contributed by atoms with van der Waals surface area (Å²) >= 11 is 0. The molecule has 110 valence electrons. The third-order valence-electron chi connectivity index (χ3n) is 3.68. The zero-order valence-electron chi connectivity index (χ0n) is 12.1. The Kier molecular flexibility index (Phi) is 5.35. The van der Waals surface area contributed by atoms with Crippen LogP contribution in [0.2, 0.25) is 0 Å². The number of nitro groups is 1. The Labute approximate surface area is 120 Å². The van der Waals surface area contributed by atoms with E-state index in [2.05, 4.69) is 17.1 Å². The standard InChI is InChI=1S/C15H23N3O2/c1-2-8-16-14-11-13(6-7-15(14)18(19)20)12-17-9-4-3-5-10-17/h6-7,11,16H,2-5,8-10,12H2,1H3. The second kappa shape index (κ2) is 7.24. The van der Waals surface area contributed by atoms with E-state index in [0.717, 1.165) is 38.2 Å². The molecule has 1 aliphatic rings. The monoisotopic (exact) mass is 277 g/mol. The van der Waals surface area contributed by atoms with Crippen molar-refractivity contribution in [3.63, 3.8) is 0 Å². The van der Waals surface area contributed by atoms with Crippen molar-refractivity contribution in [2.75, 3.05) is 25.0 Å². The molecule has 0 atom stereocenters. The maximum absolute atomic E-state index is 11.0. The number of nitro benzene ring substituents is 1. The van der Waals surface area contributed by atoms with Crippen LogP contribution >= 0.6 is 0 Å². The largest absolute Gasteiger partial charge is 0.379 e. The molecule has 5 heteroatoms. The molecule has 0 bridgehead atoms. The van der Waals surface area contributed by atoms with Gasteiger partial charge in [0.25, 0.3) is 5.69 Å². The molecular weight excluding hydrogens is 254 g/mol. The molecule has 1 N–H and O–H groups in total. The third-order valence-corrected chi connectivity index (χ3v) is 3.68. The Hall–Kier alpha value is -1.62. The van der Waals surface area contributed by atoms with Crippen LogP contribution in [0.5, 0.6) is 0 Å². The van der Waals surface area contributed by atoms with Gasteiger partial charge < -0.3 is 5.32 Å². The van der Waals surface area contributed by atoms with Crippen molar-refractivity contribution in [3.8, 4) is 0 Å². The molecule has 1 saturated heterocycles. The van der Waals surface area contributed by atoms with Gasteiger partial charge in [-0.1, -0.05) is 19.4 Å². The molecule has 1 fully saturated rings. The lowest BCUT2D eigenvalue weighted by Gasteiger charge is -2.26. The van der Waals surface area contributed by atoms with E-state index < -0.39 is 0 Å². The molecule has 20 heavy (non-hydrogen) atoms. The average molecular weight is 277 g/mol. The Morgan fingerprint density at radius 3 is 2.70 bits per heavy atom. The van der Waals surface area contributed by atoms with Gasteiger partial charge in [0, 0.05) is 19.2 Å². The van der Waals surface area contributed by atoms with Gasteiger partial charge in [0.1, 0.15) is 5.69 Å². The molecule has 0 aromatic heterocycles. The van der Waals surface area contributed by atoms with Crippen LogP contribution in [-0.4, -0.2) is 29.5 Å². The van der Waals surface area contributed by atoms with Gasteiger partial charge in [0.15, 0.2) is 0 Å². The summed E-state index contributed by atoms with van der Waals surface area (Å²) < 4.78 is 0. The lowest BCUT2D eigenvalue weighted by molar-refractivity contribution is -0.384. The van der Waals surface area contributed by atoms with E-state index in [1.54, 1.807) is 6.07 Å². The molecule has 0 amide bonds. The fraction of sp³-hybridized carbons (Fsp3) is 0.600. The van der Waals surface area contributed by atoms with Gasteiger partial charge in [-0.2, -0.15) is 0 Å². The van der Waals surface area contributed by atoms with Crippen LogP contribution in [0.1, 0.15) is 38.2 Å². The first-order valence-electron chi connectivity index (χ1n) is 7.44. The molecule has 1 aromatic carbocycles. The molecule has 1 heterocycles. The highest BCUT2D eigenvalue weighted by atomic mass is 16.6. The van der Waals surface area contributed by atoms with Gasteiger partial charge >= 0.3 is 0 Å². The highest BCUT2D eigenvalue weighted by molar-refractivity contribution is 5.62. The van der Waals surface area contributed by atoms with Gasteiger partial charge in [0.05, 0.1) is 4.92 Å². The fourth-order valence-corrected chi connectivity index (χ4v) is 2.62. The quantitative estimate of drug-likeness (QED) is 0.639. The summed E-state index contributed by atoms with van der Waals surface area (Å²) in [6, 6.07) is 5.43. The first kappa shape index (κ1) is 14.8. The minimum atomic E-state index is -0.317. The maximum Gasteiger partial charge on any atom is 0.292 e. The van der Waals surface area contributed by atoms with E-state index in [1.165, 1.54) is 19.3 Å². The van der Waals surface area contributed by atoms with Crippen molar-refractivity contribution < 1.29 is 4.92 Å². The summed E-state index contributed by atoms with van der Waals surface area (Å²) in [6.07, 6.45) is 4.79. The van der Waals surface area contributed by atoms with Gasteiger partial charge in [-0.3, -0.25) is 15.0 Å². The van der Waals surface area contributed by atoms with E-state index in [9.17, 15) is 10.1 Å². The zero-order valence-corrected chi connectivity index (χ0v) is 12.1. The Morgan fingerprint density at radius 1 is 1.30 bits per heavy atom. The lowest BCUT2D eigenvalue weighted by Crippen LogP contribution is -2.29. The van der Waals surface area contributed by atoms with Crippen LogP contribution in [0.4, 0.5) is 11.4 Å². The van der Waals surface area contributed by atoms with Crippen LogP contribution < -0.4 is 5.32 Å². The van der Waals surface area contributed by atoms with Crippen molar-refractivity contribution >= 4 is 11.4 Å². The minimum absolute atomic E-state index is 0.167. The summed E-state index contributed by atoms with van der Waals surface area (Å²) in [5.41, 5.74) is 1.96. The first-order chi connectivity index (χ1) is 9.70. The normalized spacial score (nSPS) is 16.1. The van der Waals surface area contributed by atoms with E-state index in [0.29, 0.717) is 5.69 Å². The predicted octanol–water partition coefficient (Wildman–Crippen LogP) is 3.40. The number of nitrogens with zero attached hydrogens (tertiary/aromatic N) is 2. The molecular formula is C15H23N3O2. The highest BCUT2D eigenvalue weighted by Crippen LogP contribution is 2.26. The van der Waals surface area contributed by atoms with Crippen LogP contribution in [0.25, 0.3) is 0 Å². The van der Waals surface area contributed by atoms with E-state index in [4.69, 9.17) is 0 Å². The van der Waals surface area contributed by atoms with Crippen LogP contribution in [0.3, 0.4) is 0 Å². The third kappa shape index (κ3) is 3.93. The number of anilines is 1. The second-order valence-corrected chi connectivity index (χ2v) is 5.37. The molecule has 2 rings (SSSR count). The first-order valence-corrected chi connectivity index (χ1v) is 7.44. The molecule has 0 spiro atoms. The number of rotatable bonds is 6. The van der Waals surface area contributed by atoms with Crippen molar-refractivity contribution in [2.45, 2.75) is 39.2 Å². The topological polar surface area (TPSA) is 58.4 Å². The van der Waals surface area contributed by atoms with Crippen LogP contribution in [0, 0.1) is 10.1 Å². The summed E-state index contributed by atoms with van der Waals surface area (Å²) in [4.78, 5) is 13.1. The molecule has 0 unspecified atom stereocenters. The SMILES string of the molecule is CCCNc1cc(CN2CCCCC2)ccc1[N+](=O)[O-]. The Bertz CT molecular complexity index is 456. The van der Waals surface area contributed by atoms with E-state index in [-0.39, 0.29) is 10.6 Å². The number of hydrogen-bond donors (Lipinski definition) is 1. The van der Waals surface area contributed by atoms with Crippen molar-refractivity contribution in [2.24, 2.45) is 0 Å². The number of nitrogens with one attached hydrogen (secondary N) is 1. The highest BCUT2D eigenvalue weighted by Gasteiger charge is 2.16. The zero-order chi connectivity index (χ0) is 14.4. The second-order valence-electron chi connectivity index (χ2n) is 5.37. The minimum Gasteiger partial charge on any atom is -0.379 e. The van der Waals surface area contributed by atoms with Crippen molar-refractivity contribution in [1.29, 1.82) is 0 Å². The average Bonchev–Trinajstić information content (AvgIpc) is 2.46. The summed E-state index contributed by atoms with van der Waals surface area (Å²) in [6.45, 7) is 5.96. The molecule has 0 saturated carbocycles. The van der Waals surface area contributed by atoms with Crippen molar-refractivity contribution in [1.82, 2.24) is 4.90 Å².